The number of aromatic nitrogens is 2. The van der Waals surface area contributed by atoms with Crippen molar-refractivity contribution in [1.82, 2.24) is 15.0 Å². The van der Waals surface area contributed by atoms with Gasteiger partial charge in [-0.25, -0.2) is 10.4 Å². The zero-order valence-electron chi connectivity index (χ0n) is 11.6. The number of fused-ring (bicyclic) bond motifs is 5. The molecule has 0 saturated heterocycles. The maximum absolute atomic E-state index is 5.88. The molecule has 4 heteroatoms. The molecule has 1 heterocycles. The van der Waals surface area contributed by atoms with Gasteiger partial charge in [-0.05, 0) is 55.3 Å². The lowest BCUT2D eigenvalue weighted by molar-refractivity contribution is 0.353. The average Bonchev–Trinajstić information content (AvgIpc) is 2.81. The molecule has 104 valence electrons. The normalized spacial score (nSPS) is 40.4. The lowest BCUT2D eigenvalue weighted by atomic mass is 9.97. The Hall–Kier alpha value is -0.870. The summed E-state index contributed by atoms with van der Waals surface area (Å²) in [5.74, 6) is 11.6. The molecule has 0 aromatic carbocycles. The van der Waals surface area contributed by atoms with Gasteiger partial charge in [0.05, 0.1) is 6.04 Å². The Bertz CT molecular complexity index is 452. The fourth-order valence-electron chi connectivity index (χ4n) is 5.23. The molecule has 3 saturated carbocycles. The lowest BCUT2D eigenvalue weighted by Gasteiger charge is -2.20. The van der Waals surface area contributed by atoms with E-state index in [0.29, 0.717) is 0 Å². The molecule has 3 aliphatic rings. The van der Waals surface area contributed by atoms with Crippen LogP contribution in [-0.2, 0) is 6.54 Å². The van der Waals surface area contributed by atoms with E-state index in [9.17, 15) is 0 Å². The van der Waals surface area contributed by atoms with Crippen LogP contribution in [-0.4, -0.2) is 9.55 Å². The number of rotatable bonds is 5. The molecule has 3 fully saturated rings. The maximum Gasteiger partial charge on any atom is 0.127 e. The van der Waals surface area contributed by atoms with Crippen LogP contribution >= 0.6 is 0 Å². The van der Waals surface area contributed by atoms with Gasteiger partial charge in [0, 0.05) is 18.9 Å². The minimum Gasteiger partial charge on any atom is -0.334 e. The van der Waals surface area contributed by atoms with Crippen molar-refractivity contribution in [3.8, 4) is 0 Å². The third-order valence-corrected chi connectivity index (χ3v) is 5.85. The maximum atomic E-state index is 5.88. The molecular weight excluding hydrogens is 236 g/mol. The summed E-state index contributed by atoms with van der Waals surface area (Å²) in [6.45, 7) is 3.25. The van der Waals surface area contributed by atoms with E-state index in [1.165, 1.54) is 19.3 Å². The first-order valence-corrected chi connectivity index (χ1v) is 7.82. The van der Waals surface area contributed by atoms with E-state index < -0.39 is 0 Å². The Morgan fingerprint density at radius 2 is 2.16 bits per heavy atom. The number of imidazole rings is 1. The molecule has 1 aromatic heterocycles. The minimum absolute atomic E-state index is 0.264. The highest BCUT2D eigenvalue weighted by Crippen LogP contribution is 2.71. The second kappa shape index (κ2) is 4.32. The van der Waals surface area contributed by atoms with Crippen LogP contribution < -0.4 is 11.3 Å². The molecule has 3 N–H and O–H groups in total. The van der Waals surface area contributed by atoms with Crippen LogP contribution in [0.15, 0.2) is 12.4 Å². The zero-order valence-corrected chi connectivity index (χ0v) is 11.6. The largest absolute Gasteiger partial charge is 0.334 e. The summed E-state index contributed by atoms with van der Waals surface area (Å²) in [4.78, 5) is 4.59. The van der Waals surface area contributed by atoms with E-state index >= 15 is 0 Å². The molecule has 4 nitrogen and oxygen atoms in total. The highest BCUT2D eigenvalue weighted by molar-refractivity contribution is 5.19. The fraction of sp³-hybridized carbons (Fsp3) is 0.800. The summed E-state index contributed by atoms with van der Waals surface area (Å²) in [7, 11) is 0. The number of hydrazine groups is 1. The zero-order chi connectivity index (χ0) is 13.0. The number of nitrogens with one attached hydrogen (secondary N) is 1. The van der Waals surface area contributed by atoms with Crippen LogP contribution in [0.4, 0.5) is 0 Å². The molecule has 1 aromatic rings. The van der Waals surface area contributed by atoms with E-state index in [1.807, 2.05) is 6.20 Å². The topological polar surface area (TPSA) is 55.9 Å². The summed E-state index contributed by atoms with van der Waals surface area (Å²) < 4.78 is 2.28. The molecule has 0 aliphatic heterocycles. The Labute approximate surface area is 114 Å². The number of hydrogen-bond donors (Lipinski definition) is 2. The van der Waals surface area contributed by atoms with E-state index in [-0.39, 0.29) is 6.04 Å². The van der Waals surface area contributed by atoms with Gasteiger partial charge in [0.15, 0.2) is 0 Å². The van der Waals surface area contributed by atoms with Crippen LogP contribution in [0.1, 0.15) is 44.5 Å². The van der Waals surface area contributed by atoms with Crippen LogP contribution in [0.25, 0.3) is 0 Å². The van der Waals surface area contributed by atoms with Gasteiger partial charge in [-0.3, -0.25) is 5.84 Å². The van der Waals surface area contributed by atoms with E-state index in [0.717, 1.165) is 48.4 Å². The SMILES string of the molecule is CCCn1ccnc1C(NN)C1C2C3CCC(C3)C21. The smallest absolute Gasteiger partial charge is 0.127 e. The van der Waals surface area contributed by atoms with Gasteiger partial charge in [-0.15, -0.1) is 0 Å². The summed E-state index contributed by atoms with van der Waals surface area (Å²) in [6.07, 6.45) is 9.57. The van der Waals surface area contributed by atoms with Crippen LogP contribution in [0.5, 0.6) is 0 Å². The highest BCUT2D eigenvalue weighted by atomic mass is 15.3. The molecule has 5 atom stereocenters. The van der Waals surface area contributed by atoms with Gasteiger partial charge in [0.25, 0.3) is 0 Å². The van der Waals surface area contributed by atoms with E-state index in [2.05, 4.69) is 28.1 Å². The predicted octanol–water partition coefficient (Wildman–Crippen LogP) is 2.09. The van der Waals surface area contributed by atoms with E-state index in [4.69, 9.17) is 5.84 Å². The van der Waals surface area contributed by atoms with Gasteiger partial charge in [0.1, 0.15) is 5.82 Å². The molecule has 4 rings (SSSR count). The monoisotopic (exact) mass is 260 g/mol. The molecule has 19 heavy (non-hydrogen) atoms. The Morgan fingerprint density at radius 3 is 2.79 bits per heavy atom. The molecule has 0 radical (unpaired) electrons. The predicted molar refractivity (Wildman–Crippen MR) is 73.9 cm³/mol. The van der Waals surface area contributed by atoms with Crippen molar-refractivity contribution < 1.29 is 0 Å². The van der Waals surface area contributed by atoms with Gasteiger partial charge in [0.2, 0.25) is 0 Å². The lowest BCUT2D eigenvalue weighted by Crippen LogP contribution is -2.33. The average molecular weight is 260 g/mol. The number of nitrogens with zero attached hydrogens (tertiary/aromatic N) is 2. The Kier molecular flexibility index (Phi) is 2.71. The van der Waals surface area contributed by atoms with Crippen molar-refractivity contribution in [2.75, 3.05) is 0 Å². The number of nitrogens with two attached hydrogens (primary N) is 1. The van der Waals surface area contributed by atoms with Crippen LogP contribution in [0, 0.1) is 29.6 Å². The summed E-state index contributed by atoms with van der Waals surface area (Å²) in [5.41, 5.74) is 3.08. The fourth-order valence-corrected chi connectivity index (χ4v) is 5.23. The first kappa shape index (κ1) is 11.9. The van der Waals surface area contributed by atoms with Crippen molar-refractivity contribution in [3.05, 3.63) is 18.2 Å². The van der Waals surface area contributed by atoms with Gasteiger partial charge >= 0.3 is 0 Å². The van der Waals surface area contributed by atoms with Crippen molar-refractivity contribution in [3.63, 3.8) is 0 Å². The van der Waals surface area contributed by atoms with Crippen molar-refractivity contribution in [1.29, 1.82) is 0 Å². The van der Waals surface area contributed by atoms with E-state index in [1.54, 1.807) is 0 Å². The number of hydrogen-bond acceptors (Lipinski definition) is 3. The summed E-state index contributed by atoms with van der Waals surface area (Å²) >= 11 is 0. The summed E-state index contributed by atoms with van der Waals surface area (Å²) in [5, 5.41) is 0. The Morgan fingerprint density at radius 1 is 1.42 bits per heavy atom. The van der Waals surface area contributed by atoms with Crippen molar-refractivity contribution in [2.45, 2.75) is 45.2 Å². The molecule has 0 amide bonds. The minimum atomic E-state index is 0.264. The second-order valence-electron chi connectivity index (χ2n) is 6.69. The van der Waals surface area contributed by atoms with Gasteiger partial charge in [-0.2, -0.15) is 0 Å². The third kappa shape index (κ3) is 1.62. The molecule has 5 unspecified atom stereocenters. The van der Waals surface area contributed by atoms with Crippen molar-refractivity contribution in [2.24, 2.45) is 35.4 Å². The van der Waals surface area contributed by atoms with Crippen LogP contribution in [0.2, 0.25) is 0 Å². The third-order valence-electron chi connectivity index (χ3n) is 5.85. The highest BCUT2D eigenvalue weighted by Gasteiger charge is 2.67. The second-order valence-corrected chi connectivity index (χ2v) is 6.69. The number of aryl methyl sites for hydroxylation is 1. The molecule has 0 spiro atoms. The molecule has 3 aliphatic carbocycles. The first-order chi connectivity index (χ1) is 9.35. The molecule has 2 bridgehead atoms. The van der Waals surface area contributed by atoms with Crippen molar-refractivity contribution >= 4 is 0 Å². The van der Waals surface area contributed by atoms with Gasteiger partial charge < -0.3 is 4.57 Å². The van der Waals surface area contributed by atoms with Gasteiger partial charge in [-0.1, -0.05) is 6.92 Å². The first-order valence-electron chi connectivity index (χ1n) is 7.82. The van der Waals surface area contributed by atoms with Crippen LogP contribution in [0.3, 0.4) is 0 Å². The Balaban J connectivity index is 1.57. The standard InChI is InChI=1S/C15H24N4/c1-2-6-19-7-5-17-15(19)14(18-16)13-11-9-3-4-10(8-9)12(11)13/h5,7,9-14,18H,2-4,6,8,16H2,1H3. The molecular formula is C15H24N4. The quantitative estimate of drug-likeness (QED) is 0.629. The summed E-state index contributed by atoms with van der Waals surface area (Å²) in [6, 6.07) is 0.264.